The molecule has 0 unspecified atom stereocenters. The van der Waals surface area contributed by atoms with E-state index in [4.69, 9.17) is 5.11 Å². The molecule has 2 aliphatic carbocycles. The van der Waals surface area contributed by atoms with E-state index in [0.717, 1.165) is 31.1 Å². The fourth-order valence-electron chi connectivity index (χ4n) is 4.90. The number of rotatable bonds is 5. The van der Waals surface area contributed by atoms with Crippen molar-refractivity contribution in [3.8, 4) is 0 Å². The Kier molecular flexibility index (Phi) is 4.71. The highest BCUT2D eigenvalue weighted by Crippen LogP contribution is 2.58. The predicted octanol–water partition coefficient (Wildman–Crippen LogP) is 3.36. The fourth-order valence-corrected chi connectivity index (χ4v) is 4.90. The molecular weight excluding hydrogens is 224 g/mol. The summed E-state index contributed by atoms with van der Waals surface area (Å²) in [6.45, 7) is 5.15. The van der Waals surface area contributed by atoms with Crippen LogP contribution < -0.4 is 0 Å². The molecule has 2 N–H and O–H groups in total. The van der Waals surface area contributed by atoms with Crippen molar-refractivity contribution < 1.29 is 10.2 Å². The minimum absolute atomic E-state index is 0.0432. The number of aliphatic hydroxyl groups excluding tert-OH is 2. The fraction of sp³-hybridized carbons (Fsp3) is 1.00. The number of fused-ring (bicyclic) bond motifs is 1. The molecule has 0 aliphatic heterocycles. The Morgan fingerprint density at radius 2 is 2.00 bits per heavy atom. The summed E-state index contributed by atoms with van der Waals surface area (Å²) >= 11 is 0. The Bertz CT molecular complexity index is 266. The van der Waals surface area contributed by atoms with Crippen LogP contribution in [0.4, 0.5) is 0 Å². The Hall–Kier alpha value is -0.0800. The largest absolute Gasteiger partial charge is 0.396 e. The molecule has 2 saturated carbocycles. The maximum atomic E-state index is 10.2. The van der Waals surface area contributed by atoms with Gasteiger partial charge in [0.05, 0.1) is 6.10 Å². The van der Waals surface area contributed by atoms with Crippen molar-refractivity contribution in [3.63, 3.8) is 0 Å². The quantitative estimate of drug-likeness (QED) is 0.739. The third kappa shape index (κ3) is 2.60. The van der Waals surface area contributed by atoms with Gasteiger partial charge in [0.25, 0.3) is 0 Å². The molecule has 0 bridgehead atoms. The SMILES string of the molecule is C[C@@H](CCCCO)[C@H]1CC[C@H]2[C@@H](O)CCC[C@]12C. The van der Waals surface area contributed by atoms with Crippen LogP contribution in [-0.4, -0.2) is 22.9 Å². The Labute approximate surface area is 112 Å². The van der Waals surface area contributed by atoms with Crippen molar-refractivity contribution in [1.29, 1.82) is 0 Å². The monoisotopic (exact) mass is 254 g/mol. The summed E-state index contributed by atoms with van der Waals surface area (Å²) < 4.78 is 0. The van der Waals surface area contributed by atoms with Gasteiger partial charge < -0.3 is 10.2 Å². The highest BCUT2D eigenvalue weighted by atomic mass is 16.3. The maximum Gasteiger partial charge on any atom is 0.0573 e. The normalized spacial score (nSPS) is 41.7. The molecule has 0 saturated heterocycles. The summed E-state index contributed by atoms with van der Waals surface area (Å²) in [7, 11) is 0. The highest BCUT2D eigenvalue weighted by molar-refractivity contribution is 5.01. The second-order valence-electron chi connectivity index (χ2n) is 6.95. The van der Waals surface area contributed by atoms with Crippen LogP contribution in [0.2, 0.25) is 0 Å². The van der Waals surface area contributed by atoms with Gasteiger partial charge in [0.15, 0.2) is 0 Å². The van der Waals surface area contributed by atoms with Crippen molar-refractivity contribution in [1.82, 2.24) is 0 Å². The van der Waals surface area contributed by atoms with Crippen LogP contribution in [0.3, 0.4) is 0 Å². The van der Waals surface area contributed by atoms with E-state index in [0.29, 0.717) is 17.9 Å². The number of hydrogen-bond donors (Lipinski definition) is 2. The predicted molar refractivity (Wildman–Crippen MR) is 74.3 cm³/mol. The van der Waals surface area contributed by atoms with Gasteiger partial charge in [-0.1, -0.05) is 33.1 Å². The number of aliphatic hydroxyl groups is 2. The lowest BCUT2D eigenvalue weighted by molar-refractivity contribution is -0.0278. The van der Waals surface area contributed by atoms with Crippen LogP contribution in [0.25, 0.3) is 0 Å². The Morgan fingerprint density at radius 1 is 1.22 bits per heavy atom. The van der Waals surface area contributed by atoms with Crippen molar-refractivity contribution in [2.75, 3.05) is 6.61 Å². The van der Waals surface area contributed by atoms with Crippen LogP contribution in [-0.2, 0) is 0 Å². The van der Waals surface area contributed by atoms with E-state index in [2.05, 4.69) is 13.8 Å². The van der Waals surface area contributed by atoms with E-state index in [-0.39, 0.29) is 6.10 Å². The van der Waals surface area contributed by atoms with Gasteiger partial charge in [-0.3, -0.25) is 0 Å². The van der Waals surface area contributed by atoms with Crippen LogP contribution >= 0.6 is 0 Å². The lowest BCUT2D eigenvalue weighted by Crippen LogP contribution is -2.41. The topological polar surface area (TPSA) is 40.5 Å². The molecule has 2 heteroatoms. The molecule has 106 valence electrons. The van der Waals surface area contributed by atoms with E-state index in [1.165, 1.54) is 32.1 Å². The van der Waals surface area contributed by atoms with Gasteiger partial charge in [0.2, 0.25) is 0 Å². The molecule has 0 radical (unpaired) electrons. The van der Waals surface area contributed by atoms with E-state index >= 15 is 0 Å². The number of unbranched alkanes of at least 4 members (excludes halogenated alkanes) is 1. The molecule has 0 heterocycles. The molecule has 2 rings (SSSR count). The molecule has 0 aromatic carbocycles. The summed E-state index contributed by atoms with van der Waals surface area (Å²) in [5.41, 5.74) is 0.385. The van der Waals surface area contributed by atoms with E-state index < -0.39 is 0 Å². The zero-order valence-corrected chi connectivity index (χ0v) is 12.1. The second kappa shape index (κ2) is 5.92. The molecule has 0 aromatic heterocycles. The molecule has 0 aromatic rings. The first-order valence-electron chi connectivity index (χ1n) is 7.88. The molecular formula is C16H30O2. The Balaban J connectivity index is 1.97. The molecule has 2 nitrogen and oxygen atoms in total. The van der Waals surface area contributed by atoms with E-state index in [1.54, 1.807) is 0 Å². The average molecular weight is 254 g/mol. The highest BCUT2D eigenvalue weighted by Gasteiger charge is 2.51. The van der Waals surface area contributed by atoms with Gasteiger partial charge in [0.1, 0.15) is 0 Å². The molecule has 0 spiro atoms. The van der Waals surface area contributed by atoms with Crippen molar-refractivity contribution in [2.24, 2.45) is 23.2 Å². The average Bonchev–Trinajstić information content (AvgIpc) is 2.68. The molecule has 5 atom stereocenters. The standard InChI is InChI=1S/C16H30O2/c1-12(6-3-4-11-17)13-8-9-14-15(18)7-5-10-16(13,14)2/h12-15,17-18H,3-11H2,1-2H3/t12-,13+,14-,15-,16+/m0/s1. The van der Waals surface area contributed by atoms with Crippen molar-refractivity contribution in [3.05, 3.63) is 0 Å². The van der Waals surface area contributed by atoms with Crippen LogP contribution in [0, 0.1) is 23.2 Å². The lowest BCUT2D eigenvalue weighted by Gasteiger charge is -2.45. The van der Waals surface area contributed by atoms with Gasteiger partial charge in [-0.2, -0.15) is 0 Å². The van der Waals surface area contributed by atoms with Gasteiger partial charge in [0, 0.05) is 6.61 Å². The molecule has 18 heavy (non-hydrogen) atoms. The summed E-state index contributed by atoms with van der Waals surface area (Å²) in [6.07, 6.45) is 9.36. The third-order valence-corrected chi connectivity index (χ3v) is 5.92. The zero-order valence-electron chi connectivity index (χ0n) is 12.1. The third-order valence-electron chi connectivity index (χ3n) is 5.92. The minimum atomic E-state index is -0.0432. The first-order chi connectivity index (χ1) is 8.59. The smallest absolute Gasteiger partial charge is 0.0573 e. The van der Waals surface area contributed by atoms with Gasteiger partial charge in [-0.25, -0.2) is 0 Å². The summed E-state index contributed by atoms with van der Waals surface area (Å²) in [5.74, 6) is 2.09. The second-order valence-corrected chi connectivity index (χ2v) is 6.95. The van der Waals surface area contributed by atoms with Gasteiger partial charge in [-0.15, -0.1) is 0 Å². The van der Waals surface area contributed by atoms with Crippen LogP contribution in [0.15, 0.2) is 0 Å². The summed E-state index contributed by atoms with van der Waals surface area (Å²) in [5, 5.41) is 19.1. The molecule has 2 aliphatic rings. The Morgan fingerprint density at radius 3 is 2.72 bits per heavy atom. The van der Waals surface area contributed by atoms with Crippen molar-refractivity contribution >= 4 is 0 Å². The van der Waals surface area contributed by atoms with Gasteiger partial charge in [-0.05, 0) is 55.3 Å². The van der Waals surface area contributed by atoms with E-state index in [1.807, 2.05) is 0 Å². The zero-order chi connectivity index (χ0) is 13.2. The maximum absolute atomic E-state index is 10.2. The number of hydrogen-bond acceptors (Lipinski definition) is 2. The lowest BCUT2D eigenvalue weighted by atomic mass is 9.61. The van der Waals surface area contributed by atoms with Crippen molar-refractivity contribution in [2.45, 2.75) is 71.3 Å². The summed E-state index contributed by atoms with van der Waals surface area (Å²) in [4.78, 5) is 0. The minimum Gasteiger partial charge on any atom is -0.396 e. The van der Waals surface area contributed by atoms with Gasteiger partial charge >= 0.3 is 0 Å². The first kappa shape index (κ1) is 14.3. The first-order valence-corrected chi connectivity index (χ1v) is 7.88. The molecule has 0 amide bonds. The van der Waals surface area contributed by atoms with Crippen LogP contribution in [0.5, 0.6) is 0 Å². The summed E-state index contributed by atoms with van der Waals surface area (Å²) in [6, 6.07) is 0. The van der Waals surface area contributed by atoms with Crippen LogP contribution in [0.1, 0.15) is 65.2 Å². The van der Waals surface area contributed by atoms with E-state index in [9.17, 15) is 5.11 Å². The molecule has 2 fully saturated rings.